The fourth-order valence-electron chi connectivity index (χ4n) is 0. The molecule has 0 fully saturated rings. The molecule has 0 aliphatic carbocycles. The summed E-state index contributed by atoms with van der Waals surface area (Å²) >= 11 is 0. The third-order valence-electron chi connectivity index (χ3n) is 0. The Hall–Kier alpha value is -0.0331. The molecule has 0 atom stereocenters. The smallest absolute Gasteiger partial charge is 0.223 e. The Morgan fingerprint density at radius 2 is 1.40 bits per heavy atom. The maximum absolute atomic E-state index is 8.91. The lowest BCUT2D eigenvalue weighted by atomic mass is 15.9. The molecule has 2 nitrogen and oxygen atoms in total. The zero-order chi connectivity index (χ0) is 3.58. The van der Waals surface area contributed by atoms with Crippen molar-refractivity contribution in [2.24, 2.45) is 0 Å². The topological polar surface area (TPSA) is 34.1 Å². The lowest BCUT2D eigenvalue weighted by Gasteiger charge is -1.19. The van der Waals surface area contributed by atoms with E-state index in [1.807, 2.05) is 0 Å². The van der Waals surface area contributed by atoms with Crippen LogP contribution in [0, 0.1) is 0 Å². The molecule has 0 aromatic heterocycles. The highest BCUT2D eigenvalue weighted by Gasteiger charge is 1.30. The third-order valence-corrected chi connectivity index (χ3v) is 0. The molecule has 0 aromatic carbocycles. The summed E-state index contributed by atoms with van der Waals surface area (Å²) in [5, 5.41) is 0. The standard InChI is InChI=1S/FH.O2SSi/c;1-3(2)4/h1H;. The van der Waals surface area contributed by atoms with E-state index < -0.39 is 9.70 Å². The Labute approximate surface area is 32.7 Å². The van der Waals surface area contributed by atoms with Crippen LogP contribution in [0.4, 0.5) is 4.70 Å². The van der Waals surface area contributed by atoms with Crippen LogP contribution in [0.3, 0.4) is 0 Å². The van der Waals surface area contributed by atoms with E-state index in [4.69, 9.17) is 8.42 Å². The van der Waals surface area contributed by atoms with E-state index in [2.05, 4.69) is 8.95 Å². The van der Waals surface area contributed by atoms with Gasteiger partial charge < -0.3 is 0 Å². The van der Waals surface area contributed by atoms with Gasteiger partial charge in [0, 0.05) is 0 Å². The zero-order valence-corrected chi connectivity index (χ0v) is 3.95. The second kappa shape index (κ2) is 3.97. The van der Waals surface area contributed by atoms with Gasteiger partial charge in [0.25, 0.3) is 0 Å². The van der Waals surface area contributed by atoms with E-state index in [1.165, 1.54) is 0 Å². The first-order valence-corrected chi connectivity index (χ1v) is 2.84. The van der Waals surface area contributed by atoms with Crippen LogP contribution in [-0.4, -0.2) is 17.4 Å². The molecule has 0 saturated heterocycles. The van der Waals surface area contributed by atoms with Gasteiger partial charge in [0.15, 0.2) is 9.70 Å². The summed E-state index contributed by atoms with van der Waals surface area (Å²) in [5.41, 5.74) is 0. The fraction of sp³-hybridized carbons (Fsp3) is 0. The maximum Gasteiger partial charge on any atom is 0.223 e. The Kier molecular flexibility index (Phi) is 7.04. The minimum atomic E-state index is -2.06. The first-order valence-electron chi connectivity index (χ1n) is 0.537. The van der Waals surface area contributed by atoms with Gasteiger partial charge in [-0.1, -0.05) is 0 Å². The summed E-state index contributed by atoms with van der Waals surface area (Å²) in [6.45, 7) is 0. The molecule has 0 aliphatic rings. The third kappa shape index (κ3) is 14000. The summed E-state index contributed by atoms with van der Waals surface area (Å²) in [7, 11) is 0.173. The molecular formula is HFO2SSi. The molecule has 0 unspecified atom stereocenters. The van der Waals surface area contributed by atoms with Crippen molar-refractivity contribution in [3.8, 4) is 0 Å². The van der Waals surface area contributed by atoms with Gasteiger partial charge in [-0.25, -0.2) is 0 Å². The van der Waals surface area contributed by atoms with Crippen molar-refractivity contribution >= 4 is 18.7 Å². The molecule has 0 amide bonds. The summed E-state index contributed by atoms with van der Waals surface area (Å²) in [5.74, 6) is 0. The van der Waals surface area contributed by atoms with Gasteiger partial charge >= 0.3 is 0 Å². The second-order valence-corrected chi connectivity index (χ2v) is 1.70. The molecule has 0 spiro atoms. The minimum absolute atomic E-state index is 0. The van der Waals surface area contributed by atoms with E-state index in [0.717, 1.165) is 0 Å². The van der Waals surface area contributed by atoms with Crippen molar-refractivity contribution in [3.05, 3.63) is 0 Å². The Balaban J connectivity index is 0. The molecule has 0 saturated carbocycles. The van der Waals surface area contributed by atoms with Gasteiger partial charge in [0.2, 0.25) is 8.95 Å². The van der Waals surface area contributed by atoms with Crippen LogP contribution in [0.15, 0.2) is 0 Å². The molecule has 0 N–H and O–H groups in total. The molecule has 0 rings (SSSR count). The molecule has 2 radical (unpaired) electrons. The van der Waals surface area contributed by atoms with Crippen molar-refractivity contribution < 1.29 is 13.1 Å². The molecule has 30 valence electrons. The van der Waals surface area contributed by atoms with Crippen LogP contribution in [0.5, 0.6) is 0 Å². The summed E-state index contributed by atoms with van der Waals surface area (Å²) in [6, 6.07) is 0. The lowest BCUT2D eigenvalue weighted by Crippen LogP contribution is -1.41. The average molecular weight is 112 g/mol. The largest absolute Gasteiger partial charge is 0.269 e. The highest BCUT2D eigenvalue weighted by atomic mass is 32.2. The van der Waals surface area contributed by atoms with Gasteiger partial charge in [-0.15, -0.1) is 0 Å². The highest BCUT2D eigenvalue weighted by Crippen LogP contribution is 1.06. The van der Waals surface area contributed by atoms with Crippen LogP contribution < -0.4 is 0 Å². The van der Waals surface area contributed by atoms with Crippen molar-refractivity contribution in [2.45, 2.75) is 0 Å². The molecule has 0 heterocycles. The number of rotatable bonds is 0. The summed E-state index contributed by atoms with van der Waals surface area (Å²) < 4.78 is 17.8. The van der Waals surface area contributed by atoms with Gasteiger partial charge in [-0.3, -0.25) is 4.70 Å². The zero-order valence-electron chi connectivity index (χ0n) is 2.13. The van der Waals surface area contributed by atoms with Gasteiger partial charge in [0.05, 0.1) is 0 Å². The fourth-order valence-corrected chi connectivity index (χ4v) is 0. The quantitative estimate of drug-likeness (QED) is 0.381. The predicted octanol–water partition coefficient (Wildman–Crippen LogP) is -0.899. The highest BCUT2D eigenvalue weighted by molar-refractivity contribution is 7.76. The van der Waals surface area contributed by atoms with Gasteiger partial charge in [0.1, 0.15) is 0 Å². The first-order chi connectivity index (χ1) is 1.73. The minimum Gasteiger partial charge on any atom is -0.269 e. The van der Waals surface area contributed by atoms with Crippen molar-refractivity contribution in [1.82, 2.24) is 0 Å². The lowest BCUT2D eigenvalue weighted by molar-refractivity contribution is 0.628. The van der Waals surface area contributed by atoms with Crippen molar-refractivity contribution in [3.63, 3.8) is 0 Å². The van der Waals surface area contributed by atoms with Gasteiger partial charge in [-0.2, -0.15) is 8.42 Å². The maximum atomic E-state index is 8.91. The summed E-state index contributed by atoms with van der Waals surface area (Å²) in [6.07, 6.45) is 0. The number of hydrogen-bond donors (Lipinski definition) is 0. The number of hydrogen-bond acceptors (Lipinski definition) is 2. The predicted molar refractivity (Wildman–Crippen MR) is 17.2 cm³/mol. The molecule has 5 heteroatoms. The van der Waals surface area contributed by atoms with Crippen LogP contribution in [0.25, 0.3) is 0 Å². The monoisotopic (exact) mass is 112 g/mol. The molecular weight excluding hydrogens is 111 g/mol. The van der Waals surface area contributed by atoms with Crippen molar-refractivity contribution in [2.75, 3.05) is 0 Å². The van der Waals surface area contributed by atoms with E-state index in [9.17, 15) is 0 Å². The van der Waals surface area contributed by atoms with E-state index in [1.54, 1.807) is 0 Å². The molecule has 0 aliphatic heterocycles. The van der Waals surface area contributed by atoms with Crippen molar-refractivity contribution in [1.29, 1.82) is 0 Å². The average Bonchev–Trinajstić information content (AvgIpc) is 0.811. The first kappa shape index (κ1) is 8.88. The van der Waals surface area contributed by atoms with Crippen LogP contribution in [0.1, 0.15) is 0 Å². The van der Waals surface area contributed by atoms with Crippen LogP contribution >= 0.6 is 0 Å². The molecule has 0 bridgehead atoms. The van der Waals surface area contributed by atoms with E-state index in [-0.39, 0.29) is 4.70 Å². The Bertz CT molecular complexity index is 79.0. The second-order valence-electron chi connectivity index (χ2n) is 0.235. The normalized spacial score (nSPS) is 4.80. The SMILES string of the molecule is F.O=S(=O)=[Si]. The molecule has 5 heavy (non-hydrogen) atoms. The summed E-state index contributed by atoms with van der Waals surface area (Å²) in [4.78, 5) is 0. The molecule has 0 aromatic rings. The van der Waals surface area contributed by atoms with Gasteiger partial charge in [-0.05, 0) is 0 Å². The van der Waals surface area contributed by atoms with E-state index in [0.29, 0.717) is 0 Å². The van der Waals surface area contributed by atoms with E-state index >= 15 is 0 Å². The number of halogens is 1. The van der Waals surface area contributed by atoms with Crippen LogP contribution in [-0.2, 0) is 9.70 Å². The van der Waals surface area contributed by atoms with Crippen LogP contribution in [0.2, 0.25) is 0 Å². The Morgan fingerprint density at radius 1 is 1.40 bits per heavy atom. The Morgan fingerprint density at radius 3 is 1.40 bits per heavy atom.